The second-order valence-corrected chi connectivity index (χ2v) is 1.32. The van der Waals surface area contributed by atoms with Crippen LogP contribution < -0.4 is 17.0 Å². The molecule has 0 fully saturated rings. The molecular weight excluding hydrogens is 126 g/mol. The van der Waals surface area contributed by atoms with Crippen LogP contribution in [0.5, 0.6) is 0 Å². The topological polar surface area (TPSA) is 118 Å². The Bertz CT molecular complexity index is 134. The molecule has 0 aliphatic heterocycles. The molecule has 0 bridgehead atoms. The van der Waals surface area contributed by atoms with E-state index >= 15 is 0 Å². The third-order valence-corrected chi connectivity index (χ3v) is 0.691. The summed E-state index contributed by atoms with van der Waals surface area (Å²) in [4.78, 5) is 20.1. The van der Waals surface area contributed by atoms with E-state index in [1.165, 1.54) is 0 Å². The summed E-state index contributed by atoms with van der Waals surface area (Å²) >= 11 is 0. The normalized spacial score (nSPS) is 12.2. The molecule has 9 heavy (non-hydrogen) atoms. The second-order valence-electron chi connectivity index (χ2n) is 1.32. The molecule has 0 aromatic rings. The van der Waals surface area contributed by atoms with Gasteiger partial charge in [-0.05, 0) is 0 Å². The SMILES string of the molecule is NNC(=O)[C@@H](N)C(=O)O. The van der Waals surface area contributed by atoms with Gasteiger partial charge in [0.05, 0.1) is 0 Å². The largest absolute Gasteiger partial charge is 0.480 e. The van der Waals surface area contributed by atoms with Gasteiger partial charge in [0.15, 0.2) is 6.04 Å². The minimum atomic E-state index is -1.57. The lowest BCUT2D eigenvalue weighted by Crippen LogP contribution is -2.48. The molecule has 0 saturated heterocycles. The van der Waals surface area contributed by atoms with Crippen LogP contribution in [0, 0.1) is 0 Å². The standard InChI is InChI=1S/C3H7N3O3/c4-1(3(8)9)2(7)6-5/h1H,4-5H2,(H,6,7)(H,8,9)/t1-/m1/s1. The van der Waals surface area contributed by atoms with Crippen molar-refractivity contribution in [2.45, 2.75) is 6.04 Å². The number of carbonyl (C=O) groups excluding carboxylic acids is 1. The van der Waals surface area contributed by atoms with E-state index in [1.54, 1.807) is 5.43 Å². The molecule has 0 heterocycles. The molecule has 1 atom stereocenters. The lowest BCUT2D eigenvalue weighted by Gasteiger charge is -2.01. The summed E-state index contributed by atoms with van der Waals surface area (Å²) in [6, 6.07) is -1.57. The van der Waals surface area contributed by atoms with Crippen molar-refractivity contribution in [3.8, 4) is 0 Å². The number of rotatable bonds is 2. The maximum absolute atomic E-state index is 10.2. The molecule has 6 N–H and O–H groups in total. The average Bonchev–Trinajstić information content (AvgIpc) is 1.84. The van der Waals surface area contributed by atoms with Crippen LogP contribution in [0.1, 0.15) is 0 Å². The number of amides is 1. The Kier molecular flexibility index (Phi) is 2.62. The fourth-order valence-electron chi connectivity index (χ4n) is 0.202. The van der Waals surface area contributed by atoms with Gasteiger partial charge in [0.1, 0.15) is 0 Å². The fraction of sp³-hybridized carbons (Fsp3) is 0.333. The first-order valence-electron chi connectivity index (χ1n) is 2.08. The van der Waals surface area contributed by atoms with Crippen molar-refractivity contribution in [2.24, 2.45) is 11.6 Å². The van der Waals surface area contributed by atoms with Gasteiger partial charge >= 0.3 is 5.97 Å². The molecule has 52 valence electrons. The van der Waals surface area contributed by atoms with Gasteiger partial charge in [-0.2, -0.15) is 0 Å². The predicted molar refractivity (Wildman–Crippen MR) is 27.9 cm³/mol. The Morgan fingerprint density at radius 3 is 2.11 bits per heavy atom. The van der Waals surface area contributed by atoms with E-state index < -0.39 is 17.9 Å². The van der Waals surface area contributed by atoms with Crippen LogP contribution in [-0.2, 0) is 9.59 Å². The predicted octanol–water partition coefficient (Wildman–Crippen LogP) is -2.61. The first kappa shape index (κ1) is 7.86. The molecular formula is C3H7N3O3. The van der Waals surface area contributed by atoms with Crippen molar-refractivity contribution in [3.63, 3.8) is 0 Å². The number of hydrogen-bond donors (Lipinski definition) is 4. The monoisotopic (exact) mass is 133 g/mol. The third-order valence-electron chi connectivity index (χ3n) is 0.691. The summed E-state index contributed by atoms with van der Waals surface area (Å²) < 4.78 is 0. The number of carboxylic acids is 1. The maximum atomic E-state index is 10.2. The molecule has 0 aromatic carbocycles. The van der Waals surface area contributed by atoms with Gasteiger partial charge in [-0.15, -0.1) is 0 Å². The Hall–Kier alpha value is -1.14. The second kappa shape index (κ2) is 3.00. The van der Waals surface area contributed by atoms with Crippen LogP contribution in [0.2, 0.25) is 0 Å². The highest BCUT2D eigenvalue weighted by atomic mass is 16.4. The number of aliphatic carboxylic acids is 1. The lowest BCUT2D eigenvalue weighted by atomic mass is 10.3. The first-order valence-corrected chi connectivity index (χ1v) is 2.08. The van der Waals surface area contributed by atoms with Gasteiger partial charge in [-0.3, -0.25) is 10.2 Å². The fourth-order valence-corrected chi connectivity index (χ4v) is 0.202. The quantitative estimate of drug-likeness (QED) is 0.142. The van der Waals surface area contributed by atoms with E-state index in [1.807, 2.05) is 0 Å². The smallest absolute Gasteiger partial charge is 0.330 e. The number of hydrogen-bond acceptors (Lipinski definition) is 4. The van der Waals surface area contributed by atoms with Crippen LogP contribution in [0.15, 0.2) is 0 Å². The molecule has 0 spiro atoms. The van der Waals surface area contributed by atoms with Crippen LogP contribution in [0.25, 0.3) is 0 Å². The zero-order valence-electron chi connectivity index (χ0n) is 4.50. The summed E-state index contributed by atoms with van der Waals surface area (Å²) in [6.07, 6.45) is 0. The Labute approximate surface area is 50.8 Å². The maximum Gasteiger partial charge on any atom is 0.330 e. The minimum absolute atomic E-state index is 0.914. The molecule has 0 aliphatic carbocycles. The van der Waals surface area contributed by atoms with E-state index in [-0.39, 0.29) is 0 Å². The highest BCUT2D eigenvalue weighted by Gasteiger charge is 2.19. The molecule has 0 aliphatic rings. The summed E-state index contributed by atoms with van der Waals surface area (Å²) in [5.74, 6) is 2.25. The van der Waals surface area contributed by atoms with Crippen molar-refractivity contribution < 1.29 is 14.7 Å². The van der Waals surface area contributed by atoms with Crippen LogP contribution >= 0.6 is 0 Å². The Morgan fingerprint density at radius 1 is 1.56 bits per heavy atom. The van der Waals surface area contributed by atoms with Gasteiger partial charge in [0.2, 0.25) is 0 Å². The van der Waals surface area contributed by atoms with Crippen molar-refractivity contribution >= 4 is 11.9 Å². The molecule has 0 saturated carbocycles. The van der Waals surface area contributed by atoms with E-state index in [0.717, 1.165) is 0 Å². The number of carboxylic acid groups (broad SMARTS) is 1. The number of nitrogens with one attached hydrogen (secondary N) is 1. The summed E-state index contributed by atoms with van der Waals surface area (Å²) in [7, 11) is 0. The molecule has 0 rings (SSSR count). The van der Waals surface area contributed by atoms with Gasteiger partial charge in [0.25, 0.3) is 5.91 Å². The lowest BCUT2D eigenvalue weighted by molar-refractivity contribution is -0.142. The summed E-state index contributed by atoms with van der Waals surface area (Å²) in [5.41, 5.74) is 6.38. The van der Waals surface area contributed by atoms with Gasteiger partial charge in [-0.1, -0.05) is 0 Å². The van der Waals surface area contributed by atoms with Crippen molar-refractivity contribution in [1.82, 2.24) is 5.43 Å². The average molecular weight is 133 g/mol. The third kappa shape index (κ3) is 2.06. The molecule has 1 amide bonds. The minimum Gasteiger partial charge on any atom is -0.480 e. The van der Waals surface area contributed by atoms with Gasteiger partial charge in [-0.25, -0.2) is 10.6 Å². The number of nitrogens with two attached hydrogens (primary N) is 2. The zero-order chi connectivity index (χ0) is 7.44. The van der Waals surface area contributed by atoms with E-state index in [0.29, 0.717) is 0 Å². The Balaban J connectivity index is 3.88. The van der Waals surface area contributed by atoms with Crippen molar-refractivity contribution in [1.29, 1.82) is 0 Å². The van der Waals surface area contributed by atoms with Crippen LogP contribution in [0.3, 0.4) is 0 Å². The van der Waals surface area contributed by atoms with Gasteiger partial charge in [0, 0.05) is 0 Å². The molecule has 0 unspecified atom stereocenters. The Morgan fingerprint density at radius 2 is 2.00 bits per heavy atom. The van der Waals surface area contributed by atoms with Crippen LogP contribution in [0.4, 0.5) is 0 Å². The summed E-state index contributed by atoms with van der Waals surface area (Å²) in [5, 5.41) is 8.04. The molecule has 0 aromatic heterocycles. The molecule has 6 heteroatoms. The summed E-state index contributed by atoms with van der Waals surface area (Å²) in [6.45, 7) is 0. The number of hydrazine groups is 1. The first-order chi connectivity index (χ1) is 4.09. The van der Waals surface area contributed by atoms with E-state index in [4.69, 9.17) is 10.8 Å². The highest BCUT2D eigenvalue weighted by Crippen LogP contribution is 1.74. The van der Waals surface area contributed by atoms with Crippen molar-refractivity contribution in [3.05, 3.63) is 0 Å². The zero-order valence-corrected chi connectivity index (χ0v) is 4.50. The van der Waals surface area contributed by atoms with Crippen molar-refractivity contribution in [2.75, 3.05) is 0 Å². The van der Waals surface area contributed by atoms with E-state index in [2.05, 4.69) is 5.84 Å². The van der Waals surface area contributed by atoms with E-state index in [9.17, 15) is 9.59 Å². The van der Waals surface area contributed by atoms with Crippen LogP contribution in [-0.4, -0.2) is 23.0 Å². The molecule has 6 nitrogen and oxygen atoms in total. The highest BCUT2D eigenvalue weighted by molar-refractivity contribution is 6.00. The molecule has 0 radical (unpaired) electrons. The number of carbonyl (C=O) groups is 2. The van der Waals surface area contributed by atoms with Gasteiger partial charge < -0.3 is 10.8 Å².